The number of likely N-dealkylation sites (tertiary alicyclic amines) is 1. The summed E-state index contributed by atoms with van der Waals surface area (Å²) in [6.07, 6.45) is 7.55. The minimum absolute atomic E-state index is 0.173. The van der Waals surface area contributed by atoms with Gasteiger partial charge in [0.25, 0.3) is 5.91 Å². The van der Waals surface area contributed by atoms with Crippen molar-refractivity contribution in [3.8, 4) is 22.4 Å². The van der Waals surface area contributed by atoms with Crippen molar-refractivity contribution in [2.45, 2.75) is 25.5 Å². The number of carbonyl (C=O) groups is 1. The molecule has 1 atom stereocenters. The van der Waals surface area contributed by atoms with Crippen LogP contribution in [0.3, 0.4) is 0 Å². The molecule has 0 radical (unpaired) electrons. The van der Waals surface area contributed by atoms with Crippen molar-refractivity contribution in [2.75, 3.05) is 19.6 Å². The van der Waals surface area contributed by atoms with Gasteiger partial charge in [0.2, 0.25) is 0 Å². The first-order valence-electron chi connectivity index (χ1n) is 11.5. The van der Waals surface area contributed by atoms with Crippen molar-refractivity contribution in [3.05, 3.63) is 77.8 Å². The molecule has 0 bridgehead atoms. The molecule has 0 aliphatic carbocycles. The number of hydrogen-bond acceptors (Lipinski definition) is 5. The van der Waals surface area contributed by atoms with Gasteiger partial charge >= 0.3 is 0 Å². The van der Waals surface area contributed by atoms with Gasteiger partial charge in [-0.15, -0.1) is 0 Å². The minimum atomic E-state index is -0.350. The average molecular weight is 476 g/mol. The number of nitrogens with one attached hydrogen (secondary N) is 1. The minimum Gasteiger partial charge on any atom is -0.378 e. The summed E-state index contributed by atoms with van der Waals surface area (Å²) in [6.45, 7) is 2.22. The van der Waals surface area contributed by atoms with E-state index in [4.69, 9.17) is 11.6 Å². The Labute approximate surface area is 203 Å². The van der Waals surface area contributed by atoms with Crippen LogP contribution in [-0.2, 0) is 0 Å². The summed E-state index contributed by atoms with van der Waals surface area (Å²) in [7, 11) is 0. The molecule has 4 aromatic rings. The summed E-state index contributed by atoms with van der Waals surface area (Å²) in [5.74, 6) is -0.173. The zero-order valence-corrected chi connectivity index (χ0v) is 19.4. The number of carbonyl (C=O) groups excluding carboxylic acids is 1. The molecule has 1 aliphatic rings. The monoisotopic (exact) mass is 475 g/mol. The third-order valence-electron chi connectivity index (χ3n) is 6.19. The first kappa shape index (κ1) is 22.5. The highest BCUT2D eigenvalue weighted by molar-refractivity contribution is 6.30. The Morgan fingerprint density at radius 3 is 2.88 bits per heavy atom. The number of aromatic nitrogens is 3. The van der Waals surface area contributed by atoms with Crippen molar-refractivity contribution >= 4 is 23.2 Å². The maximum Gasteiger partial charge on any atom is 0.269 e. The van der Waals surface area contributed by atoms with Gasteiger partial charge in [-0.3, -0.25) is 19.1 Å². The molecule has 1 fully saturated rings. The van der Waals surface area contributed by atoms with Gasteiger partial charge in [-0.05, 0) is 49.6 Å². The molecule has 1 unspecified atom stereocenters. The van der Waals surface area contributed by atoms with E-state index in [9.17, 15) is 9.90 Å². The van der Waals surface area contributed by atoms with E-state index in [-0.39, 0.29) is 12.1 Å². The lowest BCUT2D eigenvalue weighted by Gasteiger charge is -2.19. The van der Waals surface area contributed by atoms with Crippen molar-refractivity contribution in [1.29, 1.82) is 0 Å². The third kappa shape index (κ3) is 4.68. The standard InChI is InChI=1S/C26H26ClN5O2/c27-20-6-1-5-18(15-20)25-21(7-2-11-28-25)19-9-10-23-30-16-22(32(23)17-19)26(34)29-12-4-14-31-13-3-8-24(31)33/h1-2,5-7,9-11,15-17,24,33H,3-4,8,12-14H2,(H,29,34). The molecule has 2 N–H and O–H groups in total. The van der Waals surface area contributed by atoms with Gasteiger partial charge < -0.3 is 10.4 Å². The maximum absolute atomic E-state index is 12.9. The molecule has 34 heavy (non-hydrogen) atoms. The number of fused-ring (bicyclic) bond motifs is 1. The molecule has 1 aromatic carbocycles. The van der Waals surface area contributed by atoms with E-state index >= 15 is 0 Å². The Morgan fingerprint density at radius 1 is 1.15 bits per heavy atom. The Balaban J connectivity index is 1.36. The second-order valence-corrected chi connectivity index (χ2v) is 8.90. The number of imidazole rings is 1. The largest absolute Gasteiger partial charge is 0.378 e. The molecule has 1 aliphatic heterocycles. The number of aliphatic hydroxyl groups is 1. The van der Waals surface area contributed by atoms with Crippen LogP contribution in [0, 0.1) is 0 Å². The van der Waals surface area contributed by atoms with Crippen molar-refractivity contribution in [3.63, 3.8) is 0 Å². The van der Waals surface area contributed by atoms with E-state index in [2.05, 4.69) is 20.2 Å². The van der Waals surface area contributed by atoms with Crippen molar-refractivity contribution in [1.82, 2.24) is 24.6 Å². The smallest absolute Gasteiger partial charge is 0.269 e. The normalized spacial score (nSPS) is 16.2. The zero-order valence-electron chi connectivity index (χ0n) is 18.7. The van der Waals surface area contributed by atoms with Gasteiger partial charge in [-0.25, -0.2) is 4.98 Å². The summed E-state index contributed by atoms with van der Waals surface area (Å²) < 4.78 is 1.81. The van der Waals surface area contributed by atoms with Crippen LogP contribution in [-0.4, -0.2) is 56.1 Å². The molecular weight excluding hydrogens is 450 g/mol. The number of hydrogen-bond donors (Lipinski definition) is 2. The topological polar surface area (TPSA) is 82.8 Å². The molecule has 5 rings (SSSR count). The van der Waals surface area contributed by atoms with Gasteiger partial charge in [0.15, 0.2) is 0 Å². The number of nitrogens with zero attached hydrogens (tertiary/aromatic N) is 4. The zero-order chi connectivity index (χ0) is 23.5. The Hall–Kier alpha value is -3.26. The number of aliphatic hydroxyl groups excluding tert-OH is 1. The summed E-state index contributed by atoms with van der Waals surface area (Å²) in [5, 5.41) is 13.5. The van der Waals surface area contributed by atoms with E-state index < -0.39 is 0 Å². The summed E-state index contributed by atoms with van der Waals surface area (Å²) in [5.41, 5.74) is 4.78. The summed E-state index contributed by atoms with van der Waals surface area (Å²) in [4.78, 5) is 23.9. The highest BCUT2D eigenvalue weighted by Crippen LogP contribution is 2.31. The third-order valence-corrected chi connectivity index (χ3v) is 6.43. The van der Waals surface area contributed by atoms with Gasteiger partial charge in [0.05, 0.1) is 11.9 Å². The number of benzene rings is 1. The maximum atomic E-state index is 12.9. The highest BCUT2D eigenvalue weighted by atomic mass is 35.5. The van der Waals surface area contributed by atoms with Crippen LogP contribution in [0.25, 0.3) is 28.0 Å². The molecule has 4 heterocycles. The van der Waals surface area contributed by atoms with Crippen LogP contribution in [0.2, 0.25) is 5.02 Å². The van der Waals surface area contributed by atoms with Crippen molar-refractivity contribution in [2.24, 2.45) is 0 Å². The van der Waals surface area contributed by atoms with Crippen LogP contribution < -0.4 is 5.32 Å². The second-order valence-electron chi connectivity index (χ2n) is 8.47. The first-order chi connectivity index (χ1) is 16.6. The molecule has 3 aromatic heterocycles. The molecule has 7 nitrogen and oxygen atoms in total. The van der Waals surface area contributed by atoms with E-state index in [1.165, 1.54) is 0 Å². The van der Waals surface area contributed by atoms with E-state index in [0.29, 0.717) is 22.9 Å². The van der Waals surface area contributed by atoms with E-state index in [1.54, 1.807) is 12.4 Å². The van der Waals surface area contributed by atoms with Crippen LogP contribution in [0.1, 0.15) is 29.8 Å². The number of halogens is 1. The number of rotatable bonds is 7. The fourth-order valence-corrected chi connectivity index (χ4v) is 4.65. The lowest BCUT2D eigenvalue weighted by Crippen LogP contribution is -2.33. The van der Waals surface area contributed by atoms with Gasteiger partial charge in [0.1, 0.15) is 17.6 Å². The van der Waals surface area contributed by atoms with Gasteiger partial charge in [-0.2, -0.15) is 0 Å². The molecule has 1 amide bonds. The summed E-state index contributed by atoms with van der Waals surface area (Å²) >= 11 is 6.21. The Morgan fingerprint density at radius 2 is 2.06 bits per heavy atom. The Kier molecular flexibility index (Phi) is 6.58. The SMILES string of the molecule is O=C(NCCCN1CCCC1O)c1cnc2ccc(-c3cccnc3-c3cccc(Cl)c3)cn12. The molecule has 8 heteroatoms. The fourth-order valence-electron chi connectivity index (χ4n) is 4.46. The van der Waals surface area contributed by atoms with Crippen LogP contribution in [0.15, 0.2) is 67.1 Å². The molecule has 0 spiro atoms. The summed E-state index contributed by atoms with van der Waals surface area (Å²) in [6, 6.07) is 15.4. The molecule has 0 saturated carbocycles. The number of amides is 1. The van der Waals surface area contributed by atoms with Crippen LogP contribution >= 0.6 is 11.6 Å². The van der Waals surface area contributed by atoms with Crippen LogP contribution in [0.4, 0.5) is 0 Å². The van der Waals surface area contributed by atoms with Crippen LogP contribution in [0.5, 0.6) is 0 Å². The van der Waals surface area contributed by atoms with Crippen molar-refractivity contribution < 1.29 is 9.90 Å². The molecular formula is C26H26ClN5O2. The highest BCUT2D eigenvalue weighted by Gasteiger charge is 2.21. The average Bonchev–Trinajstić information content (AvgIpc) is 3.47. The van der Waals surface area contributed by atoms with Gasteiger partial charge in [0, 0.05) is 53.7 Å². The van der Waals surface area contributed by atoms with E-state index in [1.807, 2.05) is 59.1 Å². The molecule has 174 valence electrons. The predicted octanol–water partition coefficient (Wildman–Crippen LogP) is 4.25. The fraction of sp³-hybridized carbons (Fsp3) is 0.269. The number of pyridine rings is 2. The predicted molar refractivity (Wildman–Crippen MR) is 133 cm³/mol. The lowest BCUT2D eigenvalue weighted by atomic mass is 10.0. The molecule has 1 saturated heterocycles. The quantitative estimate of drug-likeness (QED) is 0.390. The van der Waals surface area contributed by atoms with Gasteiger partial charge in [-0.1, -0.05) is 29.8 Å². The van der Waals surface area contributed by atoms with E-state index in [0.717, 1.165) is 54.7 Å². The second kappa shape index (κ2) is 9.93. The Bertz CT molecular complexity index is 1320. The lowest BCUT2D eigenvalue weighted by molar-refractivity contribution is 0.0377. The first-order valence-corrected chi connectivity index (χ1v) is 11.9.